The first-order chi connectivity index (χ1) is 8.10. The Labute approximate surface area is 116 Å². The molecular formula is C11H11BrClNO2S. The number of thiophene rings is 1. The van der Waals surface area contributed by atoms with Crippen LogP contribution >= 0.6 is 38.9 Å². The maximum atomic E-state index is 11.8. The van der Waals surface area contributed by atoms with E-state index < -0.39 is 0 Å². The van der Waals surface area contributed by atoms with Gasteiger partial charge in [-0.05, 0) is 35.8 Å². The standard InChI is InChI=1S/C11H11BrClNO2S/c1-3-14-7(11(15)16-4-2)5-6-8(13)9(12)17-10(6)14/h5H,3-4H2,1-2H3. The summed E-state index contributed by atoms with van der Waals surface area (Å²) in [6, 6.07) is 1.79. The lowest BCUT2D eigenvalue weighted by Crippen LogP contribution is -2.10. The molecule has 2 rings (SSSR count). The van der Waals surface area contributed by atoms with Crippen molar-refractivity contribution in [1.29, 1.82) is 0 Å². The molecule has 0 aromatic carbocycles. The number of carbonyl (C=O) groups excluding carboxylic acids is 1. The number of rotatable bonds is 3. The molecule has 0 aliphatic rings. The molecule has 0 N–H and O–H groups in total. The van der Waals surface area contributed by atoms with Crippen molar-refractivity contribution in [3.05, 3.63) is 20.6 Å². The number of carbonyl (C=O) groups is 1. The van der Waals surface area contributed by atoms with Crippen LogP contribution < -0.4 is 0 Å². The van der Waals surface area contributed by atoms with Crippen molar-refractivity contribution in [1.82, 2.24) is 4.57 Å². The summed E-state index contributed by atoms with van der Waals surface area (Å²) in [5, 5.41) is 1.55. The Bertz CT molecular complexity index is 576. The SMILES string of the molecule is CCOC(=O)c1cc2c(Cl)c(Br)sc2n1CC. The summed E-state index contributed by atoms with van der Waals surface area (Å²) in [6.07, 6.45) is 0. The van der Waals surface area contributed by atoms with Gasteiger partial charge in [-0.2, -0.15) is 0 Å². The van der Waals surface area contributed by atoms with Crippen LogP contribution in [0.25, 0.3) is 10.2 Å². The molecule has 0 fully saturated rings. The summed E-state index contributed by atoms with van der Waals surface area (Å²) in [7, 11) is 0. The van der Waals surface area contributed by atoms with Gasteiger partial charge in [-0.15, -0.1) is 11.3 Å². The Balaban J connectivity index is 2.61. The molecule has 0 amide bonds. The van der Waals surface area contributed by atoms with E-state index in [4.69, 9.17) is 16.3 Å². The van der Waals surface area contributed by atoms with E-state index in [9.17, 15) is 4.79 Å². The first kappa shape index (κ1) is 12.9. The van der Waals surface area contributed by atoms with E-state index in [0.717, 1.165) is 14.0 Å². The third kappa shape index (κ3) is 2.11. The number of hydrogen-bond donors (Lipinski definition) is 0. The second-order valence-electron chi connectivity index (χ2n) is 3.40. The highest BCUT2D eigenvalue weighted by molar-refractivity contribution is 9.11. The zero-order valence-electron chi connectivity index (χ0n) is 9.42. The highest BCUT2D eigenvalue weighted by atomic mass is 79.9. The van der Waals surface area contributed by atoms with Crippen LogP contribution in [-0.4, -0.2) is 17.1 Å². The molecule has 2 aromatic rings. The third-order valence-corrected chi connectivity index (χ3v) is 5.08. The van der Waals surface area contributed by atoms with Crippen molar-refractivity contribution in [2.24, 2.45) is 0 Å². The molecule has 0 aliphatic carbocycles. The van der Waals surface area contributed by atoms with Gasteiger partial charge in [-0.25, -0.2) is 4.79 Å². The molecule has 2 aromatic heterocycles. The third-order valence-electron chi connectivity index (χ3n) is 2.44. The number of aryl methyl sites for hydroxylation is 1. The van der Waals surface area contributed by atoms with Gasteiger partial charge in [0.1, 0.15) is 10.5 Å². The molecule has 6 heteroatoms. The van der Waals surface area contributed by atoms with Crippen LogP contribution in [0.3, 0.4) is 0 Å². The normalized spacial score (nSPS) is 11.1. The second kappa shape index (κ2) is 5.00. The summed E-state index contributed by atoms with van der Waals surface area (Å²) in [4.78, 5) is 12.8. The number of aromatic nitrogens is 1. The lowest BCUT2D eigenvalue weighted by molar-refractivity contribution is 0.0514. The quantitative estimate of drug-likeness (QED) is 0.782. The average Bonchev–Trinajstić information content (AvgIpc) is 2.78. The predicted molar refractivity (Wildman–Crippen MR) is 74.2 cm³/mol. The van der Waals surface area contributed by atoms with E-state index in [2.05, 4.69) is 15.9 Å². The molecule has 0 unspecified atom stereocenters. The van der Waals surface area contributed by atoms with Gasteiger partial charge in [-0.3, -0.25) is 0 Å². The van der Waals surface area contributed by atoms with Gasteiger partial charge in [-0.1, -0.05) is 11.6 Å². The molecular weight excluding hydrogens is 326 g/mol. The number of esters is 1. The number of ether oxygens (including phenoxy) is 1. The van der Waals surface area contributed by atoms with Gasteiger partial charge in [0.05, 0.1) is 15.4 Å². The van der Waals surface area contributed by atoms with Crippen LogP contribution in [0.15, 0.2) is 9.85 Å². The molecule has 0 atom stereocenters. The minimum atomic E-state index is -0.301. The molecule has 0 radical (unpaired) electrons. The van der Waals surface area contributed by atoms with Crippen molar-refractivity contribution >= 4 is 55.1 Å². The molecule has 0 aliphatic heterocycles. The van der Waals surface area contributed by atoms with Crippen molar-refractivity contribution in [2.45, 2.75) is 20.4 Å². The van der Waals surface area contributed by atoms with E-state index in [1.54, 1.807) is 13.0 Å². The van der Waals surface area contributed by atoms with Crippen LogP contribution in [0.5, 0.6) is 0 Å². The number of halogens is 2. The van der Waals surface area contributed by atoms with Crippen LogP contribution in [0.1, 0.15) is 24.3 Å². The zero-order chi connectivity index (χ0) is 12.6. The highest BCUT2D eigenvalue weighted by Crippen LogP contribution is 2.40. The number of nitrogens with zero attached hydrogens (tertiary/aromatic N) is 1. The van der Waals surface area contributed by atoms with E-state index >= 15 is 0 Å². The lowest BCUT2D eigenvalue weighted by Gasteiger charge is -2.05. The summed E-state index contributed by atoms with van der Waals surface area (Å²) in [5.41, 5.74) is 0.560. The Morgan fingerprint density at radius 1 is 1.59 bits per heavy atom. The molecule has 0 saturated heterocycles. The minimum absolute atomic E-state index is 0.301. The van der Waals surface area contributed by atoms with E-state index in [1.165, 1.54) is 11.3 Å². The average molecular weight is 337 g/mol. The summed E-state index contributed by atoms with van der Waals surface area (Å²) in [5.74, 6) is -0.301. The van der Waals surface area contributed by atoms with Crippen LogP contribution in [0, 0.1) is 0 Å². The Morgan fingerprint density at radius 2 is 2.29 bits per heavy atom. The second-order valence-corrected chi connectivity index (χ2v) is 6.10. The minimum Gasteiger partial charge on any atom is -0.461 e. The fourth-order valence-corrected chi connectivity index (χ4v) is 3.69. The number of fused-ring (bicyclic) bond motifs is 1. The summed E-state index contributed by atoms with van der Waals surface area (Å²) in [6.45, 7) is 4.87. The van der Waals surface area contributed by atoms with Gasteiger partial charge < -0.3 is 9.30 Å². The van der Waals surface area contributed by atoms with Crippen molar-refractivity contribution in [2.75, 3.05) is 6.61 Å². The lowest BCUT2D eigenvalue weighted by atomic mass is 10.3. The Hall–Kier alpha value is -0.520. The predicted octanol–water partition coefficient (Wildman–Crippen LogP) is 4.32. The van der Waals surface area contributed by atoms with Gasteiger partial charge in [0.15, 0.2) is 0 Å². The van der Waals surface area contributed by atoms with Crippen LogP contribution in [-0.2, 0) is 11.3 Å². The maximum Gasteiger partial charge on any atom is 0.354 e. The molecule has 0 spiro atoms. The molecule has 3 nitrogen and oxygen atoms in total. The monoisotopic (exact) mass is 335 g/mol. The van der Waals surface area contributed by atoms with Crippen molar-refractivity contribution < 1.29 is 9.53 Å². The fourth-order valence-electron chi connectivity index (χ4n) is 1.72. The van der Waals surface area contributed by atoms with Gasteiger partial charge >= 0.3 is 5.97 Å². The molecule has 0 bridgehead atoms. The first-order valence-electron chi connectivity index (χ1n) is 5.24. The molecule has 2 heterocycles. The van der Waals surface area contributed by atoms with Gasteiger partial charge in [0, 0.05) is 11.9 Å². The molecule has 17 heavy (non-hydrogen) atoms. The van der Waals surface area contributed by atoms with Crippen LogP contribution in [0.2, 0.25) is 5.02 Å². The van der Waals surface area contributed by atoms with E-state index in [1.807, 2.05) is 11.5 Å². The maximum absolute atomic E-state index is 11.8. The van der Waals surface area contributed by atoms with Gasteiger partial charge in [0.2, 0.25) is 0 Å². The van der Waals surface area contributed by atoms with Crippen LogP contribution in [0.4, 0.5) is 0 Å². The number of hydrogen-bond acceptors (Lipinski definition) is 3. The summed E-state index contributed by atoms with van der Waals surface area (Å²) >= 11 is 11.1. The Kier molecular flexibility index (Phi) is 3.80. The van der Waals surface area contributed by atoms with Gasteiger partial charge in [0.25, 0.3) is 0 Å². The Morgan fingerprint density at radius 3 is 2.88 bits per heavy atom. The zero-order valence-corrected chi connectivity index (χ0v) is 12.6. The van der Waals surface area contributed by atoms with Crippen molar-refractivity contribution in [3.8, 4) is 0 Å². The molecule has 92 valence electrons. The van der Waals surface area contributed by atoms with E-state index in [-0.39, 0.29) is 5.97 Å². The summed E-state index contributed by atoms with van der Waals surface area (Å²) < 4.78 is 7.85. The topological polar surface area (TPSA) is 31.2 Å². The molecule has 0 saturated carbocycles. The first-order valence-corrected chi connectivity index (χ1v) is 7.23. The highest BCUT2D eigenvalue weighted by Gasteiger charge is 2.20. The van der Waals surface area contributed by atoms with Crippen molar-refractivity contribution in [3.63, 3.8) is 0 Å². The van der Waals surface area contributed by atoms with E-state index in [0.29, 0.717) is 23.9 Å². The smallest absolute Gasteiger partial charge is 0.354 e. The largest absolute Gasteiger partial charge is 0.461 e. The fraction of sp³-hybridized carbons (Fsp3) is 0.364.